The summed E-state index contributed by atoms with van der Waals surface area (Å²) in [5.74, 6) is 1.86. The molecule has 0 N–H and O–H groups in total. The summed E-state index contributed by atoms with van der Waals surface area (Å²) in [5, 5.41) is 2.62. The summed E-state index contributed by atoms with van der Waals surface area (Å²) in [5.41, 5.74) is 0.971. The summed E-state index contributed by atoms with van der Waals surface area (Å²) in [4.78, 5) is 4.29. The van der Waals surface area contributed by atoms with Crippen LogP contribution in [0.15, 0.2) is 17.5 Å². The predicted octanol–water partition coefficient (Wildman–Crippen LogP) is 2.50. The number of thiazole rings is 1. The van der Waals surface area contributed by atoms with E-state index in [1.54, 1.807) is 11.8 Å². The molecule has 0 spiro atoms. The van der Waals surface area contributed by atoms with E-state index in [0.717, 1.165) is 17.2 Å². The highest BCUT2D eigenvalue weighted by Gasteiger charge is 2.08. The zero-order chi connectivity index (χ0) is 12.0. The first-order valence-electron chi connectivity index (χ1n) is 4.81. The fourth-order valence-corrected chi connectivity index (χ4v) is 3.95. The van der Waals surface area contributed by atoms with Crippen LogP contribution in [0.2, 0.25) is 0 Å². The zero-order valence-electron chi connectivity index (χ0n) is 9.34. The molecule has 1 rings (SSSR count). The average Bonchev–Trinajstić information content (AvgIpc) is 2.58. The van der Waals surface area contributed by atoms with Crippen molar-refractivity contribution >= 4 is 32.9 Å². The van der Waals surface area contributed by atoms with E-state index in [9.17, 15) is 8.42 Å². The van der Waals surface area contributed by atoms with Crippen molar-refractivity contribution in [1.29, 1.82) is 0 Å². The summed E-state index contributed by atoms with van der Waals surface area (Å²) >= 11 is 3.19. The maximum absolute atomic E-state index is 11.1. The number of rotatable bonds is 6. The van der Waals surface area contributed by atoms with E-state index in [2.05, 4.69) is 11.1 Å². The third-order valence-electron chi connectivity index (χ3n) is 1.68. The minimum absolute atomic E-state index is 0.0528. The topological polar surface area (TPSA) is 47.0 Å². The number of nitrogens with zero attached hydrogens (tertiary/aromatic N) is 1. The van der Waals surface area contributed by atoms with Crippen LogP contribution in [0.4, 0.5) is 0 Å². The molecule has 0 atom stereocenters. The van der Waals surface area contributed by atoms with Crippen LogP contribution in [0.1, 0.15) is 17.6 Å². The van der Waals surface area contributed by atoms with Crippen LogP contribution in [-0.2, 0) is 21.3 Å². The van der Waals surface area contributed by atoms with Gasteiger partial charge in [0, 0.05) is 23.1 Å². The molecule has 1 aromatic heterocycles. The van der Waals surface area contributed by atoms with Gasteiger partial charge >= 0.3 is 0 Å². The molecule has 0 saturated heterocycles. The zero-order valence-corrected chi connectivity index (χ0v) is 11.8. The van der Waals surface area contributed by atoms with Crippen LogP contribution in [0.5, 0.6) is 0 Å². The second kappa shape index (κ2) is 6.42. The molecule has 90 valence electrons. The van der Waals surface area contributed by atoms with Crippen molar-refractivity contribution in [2.75, 3.05) is 12.0 Å². The highest BCUT2D eigenvalue weighted by molar-refractivity contribution is 7.98. The van der Waals surface area contributed by atoms with Crippen molar-refractivity contribution in [2.24, 2.45) is 0 Å². The van der Waals surface area contributed by atoms with Crippen LogP contribution in [0, 0.1) is 0 Å². The Hall–Kier alpha value is -0.330. The molecule has 1 heterocycles. The summed E-state index contributed by atoms with van der Waals surface area (Å²) in [6.07, 6.45) is 5.34. The molecule has 0 amide bonds. The number of hydrogen-bond acceptors (Lipinski definition) is 5. The van der Waals surface area contributed by atoms with Crippen LogP contribution >= 0.6 is 23.1 Å². The number of aromatic nitrogens is 1. The molecule has 1 aromatic rings. The van der Waals surface area contributed by atoms with Gasteiger partial charge in [0.05, 0.1) is 5.69 Å². The van der Waals surface area contributed by atoms with E-state index >= 15 is 0 Å². The van der Waals surface area contributed by atoms with Gasteiger partial charge in [-0.25, -0.2) is 13.4 Å². The number of hydrogen-bond donors (Lipinski definition) is 0. The van der Waals surface area contributed by atoms with E-state index < -0.39 is 9.84 Å². The maximum atomic E-state index is 11.1. The molecule has 0 aliphatic carbocycles. The summed E-state index contributed by atoms with van der Waals surface area (Å²) in [7, 11) is -2.96. The van der Waals surface area contributed by atoms with E-state index in [4.69, 9.17) is 0 Å². The maximum Gasteiger partial charge on any atom is 0.153 e. The van der Waals surface area contributed by atoms with Gasteiger partial charge in [-0.15, -0.1) is 11.3 Å². The van der Waals surface area contributed by atoms with Crippen molar-refractivity contribution in [2.45, 2.75) is 18.4 Å². The molecule has 0 aliphatic heterocycles. The second-order valence-electron chi connectivity index (χ2n) is 3.39. The van der Waals surface area contributed by atoms with Gasteiger partial charge in [-0.3, -0.25) is 0 Å². The lowest BCUT2D eigenvalue weighted by Crippen LogP contribution is -2.00. The van der Waals surface area contributed by atoms with Crippen molar-refractivity contribution in [1.82, 2.24) is 4.98 Å². The Labute approximate surface area is 105 Å². The molecule has 3 nitrogen and oxygen atoms in total. The van der Waals surface area contributed by atoms with Gasteiger partial charge in [-0.05, 0) is 6.92 Å². The van der Waals surface area contributed by atoms with Gasteiger partial charge in [0.2, 0.25) is 0 Å². The second-order valence-corrected chi connectivity index (χ2v) is 7.50. The Morgan fingerprint density at radius 3 is 2.94 bits per heavy atom. The first-order valence-corrected chi connectivity index (χ1v) is 8.90. The standard InChI is InChI=1S/C10H15NO2S3/c1-3-4-5-14-6-9-7-15-10(11-9)8-16(2,12)13/h3-4,7H,5-6,8H2,1-2H3. The van der Waals surface area contributed by atoms with Gasteiger partial charge < -0.3 is 0 Å². The van der Waals surface area contributed by atoms with Crippen molar-refractivity contribution in [3.63, 3.8) is 0 Å². The number of allylic oxidation sites excluding steroid dienone is 1. The largest absolute Gasteiger partial charge is 0.244 e. The highest BCUT2D eigenvalue weighted by atomic mass is 32.2. The summed E-state index contributed by atoms with van der Waals surface area (Å²) in [6.45, 7) is 1.99. The molecular formula is C10H15NO2S3. The molecule has 0 radical (unpaired) electrons. The van der Waals surface area contributed by atoms with Crippen molar-refractivity contribution < 1.29 is 8.42 Å². The van der Waals surface area contributed by atoms with E-state index in [1.165, 1.54) is 17.6 Å². The monoisotopic (exact) mass is 277 g/mol. The fraction of sp³-hybridized carbons (Fsp3) is 0.500. The lowest BCUT2D eigenvalue weighted by Gasteiger charge is -1.94. The number of sulfone groups is 1. The smallest absolute Gasteiger partial charge is 0.153 e. The molecule has 0 unspecified atom stereocenters. The van der Waals surface area contributed by atoms with E-state index in [1.807, 2.05) is 18.4 Å². The third-order valence-corrected chi connectivity index (χ3v) is 4.49. The lowest BCUT2D eigenvalue weighted by atomic mass is 10.6. The summed E-state index contributed by atoms with van der Waals surface area (Å²) < 4.78 is 22.1. The van der Waals surface area contributed by atoms with Crippen molar-refractivity contribution in [3.8, 4) is 0 Å². The Morgan fingerprint density at radius 1 is 1.56 bits per heavy atom. The Bertz CT molecular complexity index is 448. The van der Waals surface area contributed by atoms with E-state index in [-0.39, 0.29) is 5.75 Å². The van der Waals surface area contributed by atoms with Crippen LogP contribution in [-0.4, -0.2) is 25.4 Å². The van der Waals surface area contributed by atoms with Crippen LogP contribution in [0.25, 0.3) is 0 Å². The molecule has 0 aliphatic rings. The SMILES string of the molecule is CC=CCSCc1csc(CS(C)(=O)=O)n1. The van der Waals surface area contributed by atoms with Gasteiger partial charge in [0.1, 0.15) is 10.8 Å². The molecule has 0 fully saturated rings. The molecule has 0 aromatic carbocycles. The Morgan fingerprint density at radius 2 is 2.31 bits per heavy atom. The van der Waals surface area contributed by atoms with Crippen LogP contribution in [0.3, 0.4) is 0 Å². The van der Waals surface area contributed by atoms with E-state index in [0.29, 0.717) is 5.01 Å². The fourth-order valence-electron chi connectivity index (χ4n) is 1.03. The van der Waals surface area contributed by atoms with Crippen molar-refractivity contribution in [3.05, 3.63) is 28.2 Å². The average molecular weight is 277 g/mol. The Kier molecular flexibility index (Phi) is 5.51. The predicted molar refractivity (Wildman–Crippen MR) is 71.6 cm³/mol. The quantitative estimate of drug-likeness (QED) is 0.592. The third kappa shape index (κ3) is 5.67. The molecular weight excluding hydrogens is 262 g/mol. The lowest BCUT2D eigenvalue weighted by molar-refractivity contribution is 0.601. The molecule has 0 saturated carbocycles. The first kappa shape index (κ1) is 13.7. The normalized spacial score (nSPS) is 12.4. The highest BCUT2D eigenvalue weighted by Crippen LogP contribution is 2.17. The number of thioether (sulfide) groups is 1. The summed E-state index contributed by atoms with van der Waals surface area (Å²) in [6, 6.07) is 0. The minimum Gasteiger partial charge on any atom is -0.244 e. The van der Waals surface area contributed by atoms with Gasteiger partial charge in [-0.2, -0.15) is 11.8 Å². The minimum atomic E-state index is -2.96. The van der Waals surface area contributed by atoms with Gasteiger partial charge in [0.25, 0.3) is 0 Å². The molecule has 0 bridgehead atoms. The van der Waals surface area contributed by atoms with Gasteiger partial charge in [0.15, 0.2) is 9.84 Å². The first-order chi connectivity index (χ1) is 7.51. The Balaban J connectivity index is 2.45. The van der Waals surface area contributed by atoms with Gasteiger partial charge in [-0.1, -0.05) is 12.2 Å². The van der Waals surface area contributed by atoms with Crippen LogP contribution < -0.4 is 0 Å². The molecule has 16 heavy (non-hydrogen) atoms. The molecule has 6 heteroatoms.